The van der Waals surface area contributed by atoms with Crippen LogP contribution in [-0.4, -0.2) is 66.8 Å². The van der Waals surface area contributed by atoms with Gasteiger partial charge < -0.3 is 14.5 Å². The molecule has 5 rings (SSSR count). The van der Waals surface area contributed by atoms with E-state index in [4.69, 9.17) is 9.72 Å². The Morgan fingerprint density at radius 3 is 2.59 bits per heavy atom. The molecule has 0 saturated carbocycles. The number of anilines is 1. The molecule has 4 aromatic heterocycles. The number of carbonyl (C=O) groups excluding carboxylic acids is 1. The fourth-order valence-corrected chi connectivity index (χ4v) is 4.57. The zero-order valence-corrected chi connectivity index (χ0v) is 21.3. The van der Waals surface area contributed by atoms with E-state index in [9.17, 15) is 10.1 Å². The summed E-state index contributed by atoms with van der Waals surface area (Å²) in [5.41, 5.74) is 2.54. The highest BCUT2D eigenvalue weighted by atomic mass is 16.6. The van der Waals surface area contributed by atoms with Crippen LogP contribution in [0.25, 0.3) is 28.0 Å². The number of fused-ring (bicyclic) bond motifs is 1. The summed E-state index contributed by atoms with van der Waals surface area (Å²) in [6.07, 6.45) is 8.33. The summed E-state index contributed by atoms with van der Waals surface area (Å²) < 4.78 is 7.48. The molecule has 0 radical (unpaired) electrons. The summed E-state index contributed by atoms with van der Waals surface area (Å²) in [6, 6.07) is 9.46. The summed E-state index contributed by atoms with van der Waals surface area (Å²) in [5, 5.41) is 10.3. The van der Waals surface area contributed by atoms with Crippen LogP contribution in [0.1, 0.15) is 33.3 Å². The number of nitrogens with zero attached hydrogens (tertiary/aromatic N) is 8. The fraction of sp³-hybridized carbons (Fsp3) is 0.333. The zero-order valence-electron chi connectivity index (χ0n) is 21.3. The van der Waals surface area contributed by atoms with Gasteiger partial charge in [0.15, 0.2) is 5.65 Å². The van der Waals surface area contributed by atoms with Crippen LogP contribution >= 0.6 is 0 Å². The van der Waals surface area contributed by atoms with E-state index in [-0.39, 0.29) is 12.1 Å². The number of ether oxygens (including phenoxy) is 1. The predicted octanol–water partition coefficient (Wildman–Crippen LogP) is 4.19. The zero-order chi connectivity index (χ0) is 26.2. The highest BCUT2D eigenvalue weighted by molar-refractivity contribution is 6.02. The number of nitriles is 1. The van der Waals surface area contributed by atoms with Gasteiger partial charge in [0, 0.05) is 56.0 Å². The quantitative estimate of drug-likeness (QED) is 0.415. The summed E-state index contributed by atoms with van der Waals surface area (Å²) >= 11 is 0. The first-order valence-corrected chi connectivity index (χ1v) is 12.1. The molecular formula is C27H28N8O2. The highest BCUT2D eigenvalue weighted by Crippen LogP contribution is 2.37. The second-order valence-corrected chi connectivity index (χ2v) is 10.0. The number of hydrogen-bond acceptors (Lipinski definition) is 8. The second-order valence-electron chi connectivity index (χ2n) is 10.0. The maximum atomic E-state index is 12.7. The molecule has 0 unspecified atom stereocenters. The van der Waals surface area contributed by atoms with Gasteiger partial charge in [-0.25, -0.2) is 19.7 Å². The third kappa shape index (κ3) is 4.80. The van der Waals surface area contributed by atoms with Crippen LogP contribution < -0.4 is 4.90 Å². The van der Waals surface area contributed by atoms with Crippen molar-refractivity contribution >= 4 is 22.9 Å². The summed E-state index contributed by atoms with van der Waals surface area (Å²) in [7, 11) is 0. The third-order valence-electron chi connectivity index (χ3n) is 6.23. The Morgan fingerprint density at radius 1 is 1.11 bits per heavy atom. The number of carbonyl (C=O) groups is 1. The normalized spacial score (nSPS) is 16.0. The molecule has 1 fully saturated rings. The predicted molar refractivity (Wildman–Crippen MR) is 139 cm³/mol. The minimum atomic E-state index is -0.546. The Labute approximate surface area is 215 Å². The minimum Gasteiger partial charge on any atom is -0.444 e. The number of aromatic nitrogens is 5. The molecule has 188 valence electrons. The van der Waals surface area contributed by atoms with Gasteiger partial charge in [-0.2, -0.15) is 5.26 Å². The molecule has 4 aromatic rings. The lowest BCUT2D eigenvalue weighted by Gasteiger charge is -2.41. The van der Waals surface area contributed by atoms with E-state index in [2.05, 4.69) is 32.8 Å². The van der Waals surface area contributed by atoms with Gasteiger partial charge >= 0.3 is 6.09 Å². The summed E-state index contributed by atoms with van der Waals surface area (Å²) in [6.45, 7) is 9.30. The van der Waals surface area contributed by atoms with Crippen molar-refractivity contribution < 1.29 is 9.53 Å². The fourth-order valence-electron chi connectivity index (χ4n) is 4.57. The van der Waals surface area contributed by atoms with Gasteiger partial charge in [-0.1, -0.05) is 0 Å². The van der Waals surface area contributed by atoms with Crippen molar-refractivity contribution in [2.45, 2.75) is 39.3 Å². The van der Waals surface area contributed by atoms with Gasteiger partial charge in [-0.05, 0) is 57.5 Å². The van der Waals surface area contributed by atoms with E-state index < -0.39 is 5.60 Å². The molecule has 1 saturated heterocycles. The van der Waals surface area contributed by atoms with Crippen molar-refractivity contribution in [3.05, 3.63) is 60.9 Å². The molecule has 1 aliphatic rings. The van der Waals surface area contributed by atoms with Crippen LogP contribution in [0.2, 0.25) is 0 Å². The van der Waals surface area contributed by atoms with E-state index >= 15 is 0 Å². The summed E-state index contributed by atoms with van der Waals surface area (Å²) in [4.78, 5) is 34.6. The molecule has 5 heterocycles. The van der Waals surface area contributed by atoms with Gasteiger partial charge in [0.05, 0.1) is 17.0 Å². The molecule has 10 nitrogen and oxygen atoms in total. The lowest BCUT2D eigenvalue weighted by molar-refractivity contribution is 0.0218. The van der Waals surface area contributed by atoms with Crippen molar-refractivity contribution in [2.75, 3.05) is 24.5 Å². The van der Waals surface area contributed by atoms with Gasteiger partial charge in [-0.15, -0.1) is 0 Å². The van der Waals surface area contributed by atoms with Crippen LogP contribution in [0.4, 0.5) is 10.6 Å². The molecule has 37 heavy (non-hydrogen) atoms. The molecule has 0 aliphatic carbocycles. The Bertz CT molecular complexity index is 1490. The van der Waals surface area contributed by atoms with E-state index in [1.807, 2.05) is 43.7 Å². The SMILES string of the molecule is C[C@H]1CN(C(=O)OC(C)(C)C)CCN1c1ncnc2c1c(-c1ccncc1)cn2-c1cc(C#N)ccn1. The summed E-state index contributed by atoms with van der Waals surface area (Å²) in [5.74, 6) is 1.38. The monoisotopic (exact) mass is 496 g/mol. The number of rotatable bonds is 3. The molecule has 0 bridgehead atoms. The Kier molecular flexibility index (Phi) is 6.21. The molecule has 0 spiro atoms. The number of amides is 1. The van der Waals surface area contributed by atoms with E-state index in [0.29, 0.717) is 36.7 Å². The minimum absolute atomic E-state index is 0.00643. The number of pyridine rings is 2. The molecule has 0 aromatic carbocycles. The standard InChI is InChI=1S/C27H28N8O2/c1-18-15-33(26(36)37-27(2,3)4)11-12-34(18)24-23-21(20-6-8-29-9-7-20)16-35(25(23)32-17-31-24)22-13-19(14-28)5-10-30-22/h5-10,13,16-18H,11-12,15H2,1-4H3/t18-/m0/s1. The second kappa shape index (κ2) is 9.50. The Morgan fingerprint density at radius 2 is 1.89 bits per heavy atom. The van der Waals surface area contributed by atoms with Gasteiger partial charge in [0.25, 0.3) is 0 Å². The number of piperazine rings is 1. The molecule has 10 heteroatoms. The van der Waals surface area contributed by atoms with Crippen molar-refractivity contribution in [3.8, 4) is 23.0 Å². The van der Waals surface area contributed by atoms with Crippen LogP contribution in [-0.2, 0) is 4.74 Å². The van der Waals surface area contributed by atoms with Crippen molar-refractivity contribution in [2.24, 2.45) is 0 Å². The van der Waals surface area contributed by atoms with Crippen LogP contribution in [0, 0.1) is 11.3 Å². The molecular weight excluding hydrogens is 468 g/mol. The maximum absolute atomic E-state index is 12.7. The van der Waals surface area contributed by atoms with Gasteiger partial charge in [0.2, 0.25) is 0 Å². The highest BCUT2D eigenvalue weighted by Gasteiger charge is 2.32. The average molecular weight is 497 g/mol. The largest absolute Gasteiger partial charge is 0.444 e. The van der Waals surface area contributed by atoms with Crippen LogP contribution in [0.3, 0.4) is 0 Å². The third-order valence-corrected chi connectivity index (χ3v) is 6.23. The van der Waals surface area contributed by atoms with E-state index in [1.54, 1.807) is 42.0 Å². The Balaban J connectivity index is 1.59. The molecule has 1 amide bonds. The first-order chi connectivity index (χ1) is 17.7. The topological polar surface area (TPSA) is 113 Å². The Hall–Kier alpha value is -4.52. The molecule has 1 atom stereocenters. The van der Waals surface area contributed by atoms with Crippen molar-refractivity contribution in [1.29, 1.82) is 5.26 Å². The first-order valence-electron chi connectivity index (χ1n) is 12.1. The van der Waals surface area contributed by atoms with Crippen molar-refractivity contribution in [1.82, 2.24) is 29.4 Å². The average Bonchev–Trinajstić information content (AvgIpc) is 3.28. The number of hydrogen-bond donors (Lipinski definition) is 0. The smallest absolute Gasteiger partial charge is 0.410 e. The first kappa shape index (κ1) is 24.2. The van der Waals surface area contributed by atoms with Crippen LogP contribution in [0.15, 0.2) is 55.4 Å². The van der Waals surface area contributed by atoms with Gasteiger partial charge in [-0.3, -0.25) is 9.55 Å². The lowest BCUT2D eigenvalue weighted by atomic mass is 10.1. The van der Waals surface area contributed by atoms with Crippen LogP contribution in [0.5, 0.6) is 0 Å². The van der Waals surface area contributed by atoms with Crippen molar-refractivity contribution in [3.63, 3.8) is 0 Å². The maximum Gasteiger partial charge on any atom is 0.410 e. The van der Waals surface area contributed by atoms with Gasteiger partial charge in [0.1, 0.15) is 23.6 Å². The molecule has 0 N–H and O–H groups in total. The van der Waals surface area contributed by atoms with E-state index in [0.717, 1.165) is 22.3 Å². The molecule has 1 aliphatic heterocycles. The van der Waals surface area contributed by atoms with E-state index in [1.165, 1.54) is 0 Å². The lowest BCUT2D eigenvalue weighted by Crippen LogP contribution is -2.54.